The van der Waals surface area contributed by atoms with Crippen LogP contribution in [0.5, 0.6) is 0 Å². The predicted octanol–water partition coefficient (Wildman–Crippen LogP) is 2.17. The lowest BCUT2D eigenvalue weighted by Gasteiger charge is -2.35. The largest absolute Gasteiger partial charge is 0.450 e. The minimum Gasteiger partial charge on any atom is -0.450 e. The van der Waals surface area contributed by atoms with Crippen LogP contribution in [0.2, 0.25) is 5.02 Å². The standard InChI is InChI=1S/C17H25ClN4O3/c1-3-25-17(24)19-7-6-16(23)20-14-12-13(18)4-5-15(14)22-10-8-21(2)9-11-22/h4-5,12H,3,6-11H2,1-2H3,(H,19,24)(H,20,23). The summed E-state index contributed by atoms with van der Waals surface area (Å²) in [7, 11) is 2.10. The quantitative estimate of drug-likeness (QED) is 0.805. The lowest BCUT2D eigenvalue weighted by Crippen LogP contribution is -2.44. The molecule has 25 heavy (non-hydrogen) atoms. The number of ether oxygens (including phenoxy) is 1. The minimum atomic E-state index is -0.517. The van der Waals surface area contributed by atoms with Crippen LogP contribution in [-0.2, 0) is 9.53 Å². The van der Waals surface area contributed by atoms with Gasteiger partial charge in [-0.05, 0) is 32.2 Å². The smallest absolute Gasteiger partial charge is 0.407 e. The second kappa shape index (κ2) is 9.48. The molecule has 0 aliphatic carbocycles. The van der Waals surface area contributed by atoms with E-state index in [-0.39, 0.29) is 18.9 Å². The first-order valence-electron chi connectivity index (χ1n) is 8.43. The first-order chi connectivity index (χ1) is 12.0. The Morgan fingerprint density at radius 3 is 2.64 bits per heavy atom. The molecular weight excluding hydrogens is 344 g/mol. The maximum Gasteiger partial charge on any atom is 0.407 e. The van der Waals surface area contributed by atoms with Gasteiger partial charge in [-0.25, -0.2) is 4.79 Å². The van der Waals surface area contributed by atoms with E-state index < -0.39 is 6.09 Å². The molecule has 0 spiro atoms. The van der Waals surface area contributed by atoms with Crippen LogP contribution in [0, 0.1) is 0 Å². The van der Waals surface area contributed by atoms with Crippen LogP contribution in [0.1, 0.15) is 13.3 Å². The van der Waals surface area contributed by atoms with Gasteiger partial charge < -0.3 is 25.2 Å². The molecule has 0 bridgehead atoms. The number of anilines is 2. The number of alkyl carbamates (subject to hydrolysis) is 1. The van der Waals surface area contributed by atoms with E-state index in [4.69, 9.17) is 16.3 Å². The van der Waals surface area contributed by atoms with E-state index in [0.29, 0.717) is 17.3 Å². The van der Waals surface area contributed by atoms with Gasteiger partial charge >= 0.3 is 6.09 Å². The van der Waals surface area contributed by atoms with Crippen molar-refractivity contribution in [3.05, 3.63) is 23.2 Å². The van der Waals surface area contributed by atoms with Crippen LogP contribution < -0.4 is 15.5 Å². The monoisotopic (exact) mass is 368 g/mol. The van der Waals surface area contributed by atoms with Crippen molar-refractivity contribution < 1.29 is 14.3 Å². The summed E-state index contributed by atoms with van der Waals surface area (Å²) in [6, 6.07) is 5.51. The van der Waals surface area contributed by atoms with Crippen molar-refractivity contribution in [2.75, 3.05) is 56.6 Å². The summed E-state index contributed by atoms with van der Waals surface area (Å²) in [5.41, 5.74) is 1.65. The normalized spacial score (nSPS) is 14.9. The summed E-state index contributed by atoms with van der Waals surface area (Å²) in [6.07, 6.45) is -0.357. The Kier molecular flexibility index (Phi) is 7.33. The van der Waals surface area contributed by atoms with Gasteiger partial charge in [0.1, 0.15) is 0 Å². The van der Waals surface area contributed by atoms with Crippen molar-refractivity contribution in [3.8, 4) is 0 Å². The third-order valence-corrected chi connectivity index (χ3v) is 4.21. The van der Waals surface area contributed by atoms with Gasteiger partial charge in [0.05, 0.1) is 18.0 Å². The minimum absolute atomic E-state index is 0.160. The molecule has 2 rings (SSSR count). The molecule has 0 unspecified atom stereocenters. The molecule has 1 aromatic rings. The van der Waals surface area contributed by atoms with Gasteiger partial charge in [-0.15, -0.1) is 0 Å². The summed E-state index contributed by atoms with van der Waals surface area (Å²) in [6.45, 7) is 5.98. The molecule has 0 aromatic heterocycles. The maximum absolute atomic E-state index is 12.2. The number of likely N-dealkylation sites (N-methyl/N-ethyl adjacent to an activating group) is 1. The van der Waals surface area contributed by atoms with Crippen LogP contribution in [0.25, 0.3) is 0 Å². The second-order valence-electron chi connectivity index (χ2n) is 5.90. The number of rotatable bonds is 6. The number of nitrogens with zero attached hydrogens (tertiary/aromatic N) is 2. The predicted molar refractivity (Wildman–Crippen MR) is 99.4 cm³/mol. The first-order valence-corrected chi connectivity index (χ1v) is 8.81. The van der Waals surface area contributed by atoms with Crippen LogP contribution in [-0.4, -0.2) is 63.3 Å². The Morgan fingerprint density at radius 2 is 1.96 bits per heavy atom. The van der Waals surface area contributed by atoms with E-state index in [1.54, 1.807) is 13.0 Å². The summed E-state index contributed by atoms with van der Waals surface area (Å²) in [4.78, 5) is 27.9. The van der Waals surface area contributed by atoms with Crippen molar-refractivity contribution in [1.29, 1.82) is 0 Å². The molecule has 0 radical (unpaired) electrons. The molecule has 0 saturated carbocycles. The summed E-state index contributed by atoms with van der Waals surface area (Å²) < 4.78 is 4.75. The Balaban J connectivity index is 1.95. The molecule has 2 N–H and O–H groups in total. The Morgan fingerprint density at radius 1 is 1.24 bits per heavy atom. The van der Waals surface area contributed by atoms with Crippen LogP contribution >= 0.6 is 11.6 Å². The van der Waals surface area contributed by atoms with Crippen molar-refractivity contribution >= 4 is 35.0 Å². The number of carbonyl (C=O) groups is 2. The highest BCUT2D eigenvalue weighted by molar-refractivity contribution is 6.31. The van der Waals surface area contributed by atoms with Crippen molar-refractivity contribution in [2.45, 2.75) is 13.3 Å². The van der Waals surface area contributed by atoms with Crippen molar-refractivity contribution in [1.82, 2.24) is 10.2 Å². The van der Waals surface area contributed by atoms with E-state index in [9.17, 15) is 9.59 Å². The zero-order valence-electron chi connectivity index (χ0n) is 14.7. The Hall–Kier alpha value is -1.99. The van der Waals surface area contributed by atoms with Crippen molar-refractivity contribution in [2.24, 2.45) is 0 Å². The SMILES string of the molecule is CCOC(=O)NCCC(=O)Nc1cc(Cl)ccc1N1CCN(C)CC1. The van der Waals surface area contributed by atoms with E-state index in [0.717, 1.165) is 31.9 Å². The van der Waals surface area contributed by atoms with Crippen LogP contribution in [0.4, 0.5) is 16.2 Å². The number of hydrogen-bond donors (Lipinski definition) is 2. The van der Waals surface area contributed by atoms with E-state index in [2.05, 4.69) is 27.5 Å². The second-order valence-corrected chi connectivity index (χ2v) is 6.33. The highest BCUT2D eigenvalue weighted by Gasteiger charge is 2.18. The summed E-state index contributed by atoms with van der Waals surface area (Å²) in [5.74, 6) is -0.186. The number of piperazine rings is 1. The van der Waals surface area contributed by atoms with Gasteiger partial charge in [0, 0.05) is 44.2 Å². The van der Waals surface area contributed by atoms with Gasteiger partial charge in [0.2, 0.25) is 5.91 Å². The highest BCUT2D eigenvalue weighted by Crippen LogP contribution is 2.30. The highest BCUT2D eigenvalue weighted by atomic mass is 35.5. The van der Waals surface area contributed by atoms with E-state index in [1.807, 2.05) is 12.1 Å². The molecular formula is C17H25ClN4O3. The van der Waals surface area contributed by atoms with Crippen molar-refractivity contribution in [3.63, 3.8) is 0 Å². The number of halogens is 1. The van der Waals surface area contributed by atoms with E-state index >= 15 is 0 Å². The molecule has 2 amide bonds. The first kappa shape index (κ1) is 19.3. The topological polar surface area (TPSA) is 73.9 Å². The molecule has 138 valence electrons. The number of benzene rings is 1. The fraction of sp³-hybridized carbons (Fsp3) is 0.529. The molecule has 0 atom stereocenters. The van der Waals surface area contributed by atoms with Gasteiger partial charge in [-0.2, -0.15) is 0 Å². The molecule has 1 fully saturated rings. The molecule has 7 nitrogen and oxygen atoms in total. The molecule has 1 saturated heterocycles. The lowest BCUT2D eigenvalue weighted by molar-refractivity contribution is -0.116. The summed E-state index contributed by atoms with van der Waals surface area (Å²) in [5, 5.41) is 5.99. The average molecular weight is 369 g/mol. The molecule has 1 heterocycles. The zero-order chi connectivity index (χ0) is 18.2. The van der Waals surface area contributed by atoms with Gasteiger partial charge in [-0.3, -0.25) is 4.79 Å². The molecule has 1 aliphatic heterocycles. The Labute approximate surface area is 153 Å². The third kappa shape index (κ3) is 6.10. The lowest BCUT2D eigenvalue weighted by atomic mass is 10.2. The zero-order valence-corrected chi connectivity index (χ0v) is 15.4. The van der Waals surface area contributed by atoms with Gasteiger partial charge in [-0.1, -0.05) is 11.6 Å². The summed E-state index contributed by atoms with van der Waals surface area (Å²) >= 11 is 6.09. The van der Waals surface area contributed by atoms with Gasteiger partial charge in [0.15, 0.2) is 0 Å². The number of carbonyl (C=O) groups excluding carboxylic acids is 2. The number of hydrogen-bond acceptors (Lipinski definition) is 5. The fourth-order valence-corrected chi connectivity index (χ4v) is 2.78. The van der Waals surface area contributed by atoms with Crippen LogP contribution in [0.3, 0.4) is 0 Å². The molecule has 8 heteroatoms. The molecule has 1 aromatic carbocycles. The van der Waals surface area contributed by atoms with Crippen LogP contribution in [0.15, 0.2) is 18.2 Å². The Bertz CT molecular complexity index is 604. The molecule has 1 aliphatic rings. The third-order valence-electron chi connectivity index (χ3n) is 3.97. The fourth-order valence-electron chi connectivity index (χ4n) is 2.60. The average Bonchev–Trinajstić information content (AvgIpc) is 2.56. The van der Waals surface area contributed by atoms with E-state index in [1.165, 1.54) is 0 Å². The number of amides is 2. The maximum atomic E-state index is 12.2. The number of nitrogens with one attached hydrogen (secondary N) is 2. The van der Waals surface area contributed by atoms with Gasteiger partial charge in [0.25, 0.3) is 0 Å².